The van der Waals surface area contributed by atoms with Gasteiger partial charge in [0, 0.05) is 22.5 Å². The van der Waals surface area contributed by atoms with Crippen molar-refractivity contribution in [2.24, 2.45) is 5.10 Å². The minimum atomic E-state index is -0.542. The molecule has 0 bridgehead atoms. The number of rotatable bonds is 7. The highest BCUT2D eigenvalue weighted by Crippen LogP contribution is 2.29. The number of nitro groups is 1. The first-order valence-corrected chi connectivity index (χ1v) is 11.8. The molecule has 0 aliphatic carbocycles. The van der Waals surface area contributed by atoms with Gasteiger partial charge < -0.3 is 4.74 Å². The summed E-state index contributed by atoms with van der Waals surface area (Å²) >= 11 is 9.77. The van der Waals surface area contributed by atoms with E-state index in [9.17, 15) is 14.9 Å². The zero-order valence-electron chi connectivity index (χ0n) is 18.7. The first kappa shape index (κ1) is 24.5. The fourth-order valence-electron chi connectivity index (χ4n) is 3.24. The minimum Gasteiger partial charge on any atom is -0.437 e. The van der Waals surface area contributed by atoms with Crippen molar-refractivity contribution in [1.82, 2.24) is 14.6 Å². The van der Waals surface area contributed by atoms with Crippen LogP contribution in [0.15, 0.2) is 69.1 Å². The zero-order chi connectivity index (χ0) is 25.1. The lowest BCUT2D eigenvalue weighted by Crippen LogP contribution is -2.23. The summed E-state index contributed by atoms with van der Waals surface area (Å²) in [5.41, 5.74) is 0.843. The Hall–Kier alpha value is -3.63. The third kappa shape index (κ3) is 5.39. The molecule has 4 aromatic rings. The summed E-state index contributed by atoms with van der Waals surface area (Å²) in [6.45, 7) is 4.02. The third-order valence-corrected chi connectivity index (χ3v) is 6.10. The van der Waals surface area contributed by atoms with E-state index in [1.54, 1.807) is 30.3 Å². The summed E-state index contributed by atoms with van der Waals surface area (Å²) in [6.07, 6.45) is 3.42. The van der Waals surface area contributed by atoms with Gasteiger partial charge in [0.25, 0.3) is 11.2 Å². The number of hydrogen-bond donors (Lipinski definition) is 0. The zero-order valence-corrected chi connectivity index (χ0v) is 21.0. The second-order valence-corrected chi connectivity index (χ2v) is 9.03. The van der Waals surface area contributed by atoms with Crippen molar-refractivity contribution < 1.29 is 9.66 Å². The van der Waals surface area contributed by atoms with Crippen LogP contribution in [0.3, 0.4) is 0 Å². The lowest BCUT2D eigenvalue weighted by Gasteiger charge is -2.14. The minimum absolute atomic E-state index is 0.0152. The molecule has 0 amide bonds. The van der Waals surface area contributed by atoms with Gasteiger partial charge >= 0.3 is 0 Å². The molecule has 0 unspecified atom stereocenters. The number of nitrogens with zero attached hydrogens (tertiary/aromatic N) is 5. The van der Waals surface area contributed by atoms with Crippen molar-refractivity contribution >= 4 is 50.3 Å². The molecule has 178 valence electrons. The summed E-state index contributed by atoms with van der Waals surface area (Å²) in [6, 6.07) is 13.0. The van der Waals surface area contributed by atoms with Crippen LogP contribution in [0.5, 0.6) is 11.6 Å². The maximum atomic E-state index is 13.2. The van der Waals surface area contributed by atoms with Gasteiger partial charge in [-0.25, -0.2) is 9.97 Å². The van der Waals surface area contributed by atoms with Crippen molar-refractivity contribution in [2.45, 2.75) is 26.2 Å². The molecule has 9 nitrogen and oxygen atoms in total. The number of pyridine rings is 1. The standard InChI is InChI=1S/C24H19BrClN5O4/c1-3-14(2)23-29-20-7-5-16(25)11-18(20)24(32)30(23)28-12-15-4-8-21(19(26)10-15)35-22-9-6-17(13-27-22)31(33)34/h4-14H,3H2,1-2H3/t14-/m0/s1. The van der Waals surface area contributed by atoms with Crippen LogP contribution in [0.4, 0.5) is 5.69 Å². The van der Waals surface area contributed by atoms with Crippen LogP contribution >= 0.6 is 27.5 Å². The van der Waals surface area contributed by atoms with Crippen molar-refractivity contribution in [3.63, 3.8) is 0 Å². The molecule has 1 atom stereocenters. The average molecular weight is 557 g/mol. The number of benzene rings is 2. The summed E-state index contributed by atoms with van der Waals surface area (Å²) in [4.78, 5) is 32.1. The van der Waals surface area contributed by atoms with Gasteiger partial charge in [0.2, 0.25) is 5.88 Å². The molecule has 4 rings (SSSR count). The lowest BCUT2D eigenvalue weighted by molar-refractivity contribution is -0.385. The van der Waals surface area contributed by atoms with Crippen molar-refractivity contribution in [1.29, 1.82) is 0 Å². The second-order valence-electron chi connectivity index (χ2n) is 7.71. The van der Waals surface area contributed by atoms with Crippen LogP contribution in [-0.4, -0.2) is 25.8 Å². The number of ether oxygens (including phenoxy) is 1. The van der Waals surface area contributed by atoms with E-state index >= 15 is 0 Å². The van der Waals surface area contributed by atoms with Crippen LogP contribution in [0, 0.1) is 10.1 Å². The highest BCUT2D eigenvalue weighted by Gasteiger charge is 2.16. The molecule has 0 saturated carbocycles. The van der Waals surface area contributed by atoms with Crippen LogP contribution in [-0.2, 0) is 0 Å². The molecule has 0 saturated heterocycles. The van der Waals surface area contributed by atoms with Gasteiger partial charge in [0.05, 0.1) is 27.1 Å². The molecule has 2 aromatic heterocycles. The quantitative estimate of drug-likeness (QED) is 0.150. The molecule has 11 heteroatoms. The van der Waals surface area contributed by atoms with Crippen molar-refractivity contribution in [3.05, 3.63) is 96.1 Å². The maximum Gasteiger partial charge on any atom is 0.287 e. The molecule has 0 aliphatic rings. The van der Waals surface area contributed by atoms with Crippen LogP contribution < -0.4 is 10.3 Å². The molecule has 0 fully saturated rings. The Bertz CT molecular complexity index is 1500. The SMILES string of the molecule is CC[C@H](C)c1nc2ccc(Br)cc2c(=O)n1N=Cc1ccc(Oc2ccc([N+](=O)[O-])cn2)c(Cl)c1. The number of aromatic nitrogens is 3. The van der Waals surface area contributed by atoms with Crippen molar-refractivity contribution in [3.8, 4) is 11.6 Å². The lowest BCUT2D eigenvalue weighted by atomic mass is 10.1. The molecule has 2 aromatic carbocycles. The molecular weight excluding hydrogens is 538 g/mol. The Morgan fingerprint density at radius 1 is 1.26 bits per heavy atom. The predicted octanol–water partition coefficient (Wildman–Crippen LogP) is 6.30. The van der Waals surface area contributed by atoms with E-state index in [4.69, 9.17) is 16.3 Å². The van der Waals surface area contributed by atoms with Crippen LogP contribution in [0.25, 0.3) is 10.9 Å². The smallest absolute Gasteiger partial charge is 0.287 e. The van der Waals surface area contributed by atoms with E-state index in [0.717, 1.165) is 17.1 Å². The number of fused-ring (bicyclic) bond motifs is 1. The van der Waals surface area contributed by atoms with Gasteiger partial charge in [-0.15, -0.1) is 0 Å². The molecule has 0 aliphatic heterocycles. The number of halogens is 2. The van der Waals surface area contributed by atoms with E-state index in [1.165, 1.54) is 23.0 Å². The summed E-state index contributed by atoms with van der Waals surface area (Å²) in [5.74, 6) is 1.07. The van der Waals surface area contributed by atoms with E-state index in [1.807, 2.05) is 19.9 Å². The predicted molar refractivity (Wildman–Crippen MR) is 138 cm³/mol. The topological polar surface area (TPSA) is 113 Å². The second kappa shape index (κ2) is 10.3. The van der Waals surface area contributed by atoms with Crippen LogP contribution in [0.2, 0.25) is 5.02 Å². The monoisotopic (exact) mass is 555 g/mol. The fourth-order valence-corrected chi connectivity index (χ4v) is 3.83. The average Bonchev–Trinajstić information content (AvgIpc) is 2.85. The van der Waals surface area contributed by atoms with E-state index in [0.29, 0.717) is 28.0 Å². The first-order valence-electron chi connectivity index (χ1n) is 10.6. The summed E-state index contributed by atoms with van der Waals surface area (Å²) in [7, 11) is 0. The molecular formula is C24H19BrClN5O4. The molecule has 2 heterocycles. The summed E-state index contributed by atoms with van der Waals surface area (Å²) < 4.78 is 7.73. The van der Waals surface area contributed by atoms with E-state index in [-0.39, 0.29) is 28.1 Å². The Balaban J connectivity index is 1.65. The molecule has 35 heavy (non-hydrogen) atoms. The maximum absolute atomic E-state index is 13.2. The van der Waals surface area contributed by atoms with Gasteiger partial charge in [-0.2, -0.15) is 9.78 Å². The van der Waals surface area contributed by atoms with Gasteiger partial charge in [-0.1, -0.05) is 41.4 Å². The van der Waals surface area contributed by atoms with E-state index < -0.39 is 4.92 Å². The largest absolute Gasteiger partial charge is 0.437 e. The Labute approximate surface area is 213 Å². The fraction of sp³-hybridized carbons (Fsp3) is 0.167. The van der Waals surface area contributed by atoms with Crippen molar-refractivity contribution in [2.75, 3.05) is 0 Å². The summed E-state index contributed by atoms with van der Waals surface area (Å²) in [5, 5.41) is 15.9. The Morgan fingerprint density at radius 2 is 2.06 bits per heavy atom. The highest BCUT2D eigenvalue weighted by atomic mass is 79.9. The third-order valence-electron chi connectivity index (χ3n) is 5.31. The van der Waals surface area contributed by atoms with E-state index in [2.05, 4.69) is 31.0 Å². The number of hydrogen-bond acceptors (Lipinski definition) is 7. The highest BCUT2D eigenvalue weighted by molar-refractivity contribution is 9.10. The molecule has 0 spiro atoms. The van der Waals surface area contributed by atoms with Crippen LogP contribution in [0.1, 0.15) is 37.6 Å². The van der Waals surface area contributed by atoms with Gasteiger partial charge in [0.1, 0.15) is 17.8 Å². The Morgan fingerprint density at radius 3 is 2.71 bits per heavy atom. The van der Waals surface area contributed by atoms with Gasteiger partial charge in [0.15, 0.2) is 0 Å². The first-order chi connectivity index (χ1) is 16.8. The van der Waals surface area contributed by atoms with Gasteiger partial charge in [-0.3, -0.25) is 14.9 Å². The Kier molecular flexibility index (Phi) is 7.23. The molecule has 0 N–H and O–H groups in total. The van der Waals surface area contributed by atoms with Gasteiger partial charge in [-0.05, 0) is 48.4 Å². The normalized spacial score (nSPS) is 12.2. The molecule has 0 radical (unpaired) electrons.